The van der Waals surface area contributed by atoms with Gasteiger partial charge < -0.3 is 15.7 Å². The Morgan fingerprint density at radius 3 is 2.42 bits per heavy atom. The number of hydrogen-bond donors (Lipinski definition) is 3. The summed E-state index contributed by atoms with van der Waals surface area (Å²) in [6.07, 6.45) is 0.355. The van der Waals surface area contributed by atoms with Crippen LogP contribution in [0.5, 0.6) is 0 Å². The number of rotatable bonds is 5. The fraction of sp³-hybridized carbons (Fsp3) is 0.538. The Labute approximate surface area is 117 Å². The molecule has 0 saturated carbocycles. The van der Waals surface area contributed by atoms with Crippen molar-refractivity contribution >= 4 is 23.3 Å². The van der Waals surface area contributed by atoms with Crippen LogP contribution < -0.4 is 10.6 Å². The van der Waals surface area contributed by atoms with Crippen LogP contribution in [0.15, 0.2) is 6.07 Å². The Kier molecular flexibility index (Phi) is 5.35. The first-order valence-corrected chi connectivity index (χ1v) is 7.03. The Hall–Kier alpha value is -1.56. The monoisotopic (exact) mass is 284 g/mol. The van der Waals surface area contributed by atoms with Gasteiger partial charge in [-0.3, -0.25) is 0 Å². The first-order chi connectivity index (χ1) is 8.85. The number of nitrogens with one attached hydrogen (secondary N) is 2. The highest BCUT2D eigenvalue weighted by Gasteiger charge is 2.19. The molecule has 2 atom stereocenters. The van der Waals surface area contributed by atoms with Crippen molar-refractivity contribution in [1.82, 2.24) is 10.6 Å². The second-order valence-electron chi connectivity index (χ2n) is 4.51. The van der Waals surface area contributed by atoms with Crippen LogP contribution >= 0.6 is 11.3 Å². The fourth-order valence-corrected chi connectivity index (χ4v) is 2.92. The maximum absolute atomic E-state index is 11.7. The maximum atomic E-state index is 11.7. The fourth-order valence-electron chi connectivity index (χ4n) is 1.89. The average molecular weight is 284 g/mol. The summed E-state index contributed by atoms with van der Waals surface area (Å²) in [5, 5.41) is 14.1. The molecule has 0 fully saturated rings. The van der Waals surface area contributed by atoms with Gasteiger partial charge in [-0.15, -0.1) is 11.3 Å². The lowest BCUT2D eigenvalue weighted by atomic mass is 10.1. The Morgan fingerprint density at radius 1 is 1.37 bits per heavy atom. The van der Waals surface area contributed by atoms with Crippen LogP contribution in [0.25, 0.3) is 0 Å². The van der Waals surface area contributed by atoms with E-state index >= 15 is 0 Å². The quantitative estimate of drug-likeness (QED) is 0.777. The molecular formula is C13H20N2O3S. The van der Waals surface area contributed by atoms with E-state index in [1.54, 1.807) is 18.3 Å². The van der Waals surface area contributed by atoms with Gasteiger partial charge in [0.05, 0.1) is 6.04 Å². The van der Waals surface area contributed by atoms with Gasteiger partial charge in [-0.05, 0) is 38.8 Å². The number of carbonyl (C=O) groups is 2. The highest BCUT2D eigenvalue weighted by Crippen LogP contribution is 2.25. The second kappa shape index (κ2) is 6.56. The van der Waals surface area contributed by atoms with E-state index in [2.05, 4.69) is 10.6 Å². The number of urea groups is 1. The van der Waals surface area contributed by atoms with E-state index in [1.165, 1.54) is 4.88 Å². The molecule has 1 aromatic rings. The predicted molar refractivity (Wildman–Crippen MR) is 75.6 cm³/mol. The minimum Gasteiger partial charge on any atom is -0.480 e. The summed E-state index contributed by atoms with van der Waals surface area (Å²) >= 11 is 1.68. The number of aliphatic carboxylic acids is 1. The van der Waals surface area contributed by atoms with Crippen molar-refractivity contribution in [3.63, 3.8) is 0 Å². The molecule has 0 aromatic carbocycles. The normalized spacial score (nSPS) is 13.7. The van der Waals surface area contributed by atoms with Gasteiger partial charge in [-0.25, -0.2) is 9.59 Å². The van der Waals surface area contributed by atoms with Crippen molar-refractivity contribution in [1.29, 1.82) is 0 Å². The SMILES string of the molecule is CC[C@@H](NC(=O)NC(C)c1cc(C)sc1C)C(=O)O. The molecule has 0 bridgehead atoms. The number of aryl methyl sites for hydroxylation is 2. The van der Waals surface area contributed by atoms with Gasteiger partial charge in [0.15, 0.2) is 0 Å². The van der Waals surface area contributed by atoms with E-state index < -0.39 is 18.0 Å². The third-order valence-electron chi connectivity index (χ3n) is 2.91. The molecule has 0 spiro atoms. The predicted octanol–water partition coefficient (Wildman–Crippen LogP) is 2.59. The lowest BCUT2D eigenvalue weighted by Gasteiger charge is -2.17. The zero-order valence-electron chi connectivity index (χ0n) is 11.6. The van der Waals surface area contributed by atoms with Gasteiger partial charge in [-0.1, -0.05) is 6.92 Å². The van der Waals surface area contributed by atoms with Crippen molar-refractivity contribution in [2.75, 3.05) is 0 Å². The van der Waals surface area contributed by atoms with Gasteiger partial charge in [0.1, 0.15) is 6.04 Å². The van der Waals surface area contributed by atoms with Crippen LogP contribution in [0.4, 0.5) is 4.79 Å². The van der Waals surface area contributed by atoms with Crippen LogP contribution in [0.2, 0.25) is 0 Å². The lowest BCUT2D eigenvalue weighted by Crippen LogP contribution is -2.46. The number of hydrogen-bond acceptors (Lipinski definition) is 3. The molecule has 1 heterocycles. The van der Waals surface area contributed by atoms with Crippen LogP contribution in [-0.4, -0.2) is 23.1 Å². The molecule has 0 saturated heterocycles. The summed E-state index contributed by atoms with van der Waals surface area (Å²) in [4.78, 5) is 24.9. The zero-order chi connectivity index (χ0) is 14.6. The third kappa shape index (κ3) is 4.24. The molecule has 3 N–H and O–H groups in total. The molecule has 1 unspecified atom stereocenters. The molecule has 0 aliphatic carbocycles. The van der Waals surface area contributed by atoms with E-state index in [9.17, 15) is 9.59 Å². The van der Waals surface area contributed by atoms with E-state index in [4.69, 9.17) is 5.11 Å². The molecule has 1 aromatic heterocycles. The van der Waals surface area contributed by atoms with Crippen LogP contribution in [0.1, 0.15) is 41.6 Å². The molecule has 2 amide bonds. The molecule has 6 heteroatoms. The highest BCUT2D eigenvalue weighted by molar-refractivity contribution is 7.12. The van der Waals surface area contributed by atoms with Gasteiger partial charge >= 0.3 is 12.0 Å². The molecule has 19 heavy (non-hydrogen) atoms. The van der Waals surface area contributed by atoms with Crippen LogP contribution in [-0.2, 0) is 4.79 Å². The Balaban J connectivity index is 2.62. The summed E-state index contributed by atoms with van der Waals surface area (Å²) in [7, 11) is 0. The first-order valence-electron chi connectivity index (χ1n) is 6.21. The van der Waals surface area contributed by atoms with Gasteiger partial charge in [0.2, 0.25) is 0 Å². The molecule has 5 nitrogen and oxygen atoms in total. The van der Waals surface area contributed by atoms with Crippen LogP contribution in [0.3, 0.4) is 0 Å². The minimum atomic E-state index is -1.02. The van der Waals surface area contributed by atoms with Crippen molar-refractivity contribution < 1.29 is 14.7 Å². The standard InChI is InChI=1S/C13H20N2O3S/c1-5-11(12(16)17)15-13(18)14-8(3)10-6-7(2)19-9(10)4/h6,8,11H,5H2,1-4H3,(H,16,17)(H2,14,15,18)/t8?,11-/m1/s1. The summed E-state index contributed by atoms with van der Waals surface area (Å²) in [5.41, 5.74) is 1.07. The smallest absolute Gasteiger partial charge is 0.326 e. The third-order valence-corrected chi connectivity index (χ3v) is 3.89. The summed E-state index contributed by atoms with van der Waals surface area (Å²) in [6, 6.07) is 0.596. The summed E-state index contributed by atoms with van der Waals surface area (Å²) in [5.74, 6) is -1.02. The first kappa shape index (κ1) is 15.5. The van der Waals surface area contributed by atoms with E-state index in [0.717, 1.165) is 10.4 Å². The van der Waals surface area contributed by atoms with Crippen molar-refractivity contribution in [2.24, 2.45) is 0 Å². The van der Waals surface area contributed by atoms with E-state index in [-0.39, 0.29) is 6.04 Å². The minimum absolute atomic E-state index is 0.142. The largest absolute Gasteiger partial charge is 0.480 e. The molecule has 0 radical (unpaired) electrons. The zero-order valence-corrected chi connectivity index (χ0v) is 12.4. The molecule has 106 valence electrons. The molecular weight excluding hydrogens is 264 g/mol. The van der Waals surface area contributed by atoms with Crippen molar-refractivity contribution in [2.45, 2.75) is 46.2 Å². The average Bonchev–Trinajstić information content (AvgIpc) is 2.65. The van der Waals surface area contributed by atoms with Crippen molar-refractivity contribution in [3.05, 3.63) is 21.4 Å². The lowest BCUT2D eigenvalue weighted by molar-refractivity contribution is -0.139. The van der Waals surface area contributed by atoms with E-state index in [0.29, 0.717) is 6.42 Å². The topological polar surface area (TPSA) is 78.4 Å². The summed E-state index contributed by atoms with van der Waals surface area (Å²) < 4.78 is 0. The Bertz CT molecular complexity index is 470. The molecule has 1 rings (SSSR count). The highest BCUT2D eigenvalue weighted by atomic mass is 32.1. The number of carboxylic acid groups (broad SMARTS) is 1. The molecule has 0 aliphatic heterocycles. The number of thiophene rings is 1. The number of carboxylic acids is 1. The number of carbonyl (C=O) groups excluding carboxylic acids is 1. The van der Waals surface area contributed by atoms with Crippen molar-refractivity contribution in [3.8, 4) is 0 Å². The van der Waals surface area contributed by atoms with Gasteiger partial charge in [0, 0.05) is 9.75 Å². The van der Waals surface area contributed by atoms with E-state index in [1.807, 2.05) is 26.8 Å². The molecule has 0 aliphatic rings. The van der Waals surface area contributed by atoms with Crippen LogP contribution in [0, 0.1) is 13.8 Å². The second-order valence-corrected chi connectivity index (χ2v) is 5.97. The van der Waals surface area contributed by atoms with Gasteiger partial charge in [-0.2, -0.15) is 0 Å². The Morgan fingerprint density at radius 2 is 2.00 bits per heavy atom. The van der Waals surface area contributed by atoms with Gasteiger partial charge in [0.25, 0.3) is 0 Å². The summed E-state index contributed by atoms with van der Waals surface area (Å²) in [6.45, 7) is 7.63. The maximum Gasteiger partial charge on any atom is 0.326 e. The number of amides is 2.